The molecule has 0 aromatic rings. The summed E-state index contributed by atoms with van der Waals surface area (Å²) in [4.78, 5) is 4.24. The van der Waals surface area contributed by atoms with Gasteiger partial charge in [0.05, 0.1) is 18.2 Å². The van der Waals surface area contributed by atoms with Crippen molar-refractivity contribution >= 4 is 5.96 Å². The van der Waals surface area contributed by atoms with Gasteiger partial charge in [0.25, 0.3) is 0 Å². The first-order chi connectivity index (χ1) is 6.74. The normalized spacial score (nSPS) is 36.9. The SMILES string of the molecule is CCCC1CC2(CCO1)CN=C(N)N2. The molecule has 1 fully saturated rings. The zero-order valence-corrected chi connectivity index (χ0v) is 8.75. The first-order valence-electron chi connectivity index (χ1n) is 5.44. The van der Waals surface area contributed by atoms with Gasteiger partial charge in [-0.05, 0) is 19.3 Å². The third-order valence-electron chi connectivity index (χ3n) is 3.11. The molecule has 2 aliphatic rings. The van der Waals surface area contributed by atoms with E-state index in [2.05, 4.69) is 17.2 Å². The first-order valence-corrected chi connectivity index (χ1v) is 5.44. The second-order valence-corrected chi connectivity index (χ2v) is 4.34. The van der Waals surface area contributed by atoms with Crippen LogP contribution in [0.1, 0.15) is 32.6 Å². The molecular weight excluding hydrogens is 178 g/mol. The molecule has 3 N–H and O–H groups in total. The largest absolute Gasteiger partial charge is 0.378 e. The molecule has 2 rings (SSSR count). The predicted molar refractivity (Wildman–Crippen MR) is 56.2 cm³/mol. The van der Waals surface area contributed by atoms with E-state index in [0.717, 1.165) is 32.4 Å². The number of rotatable bonds is 2. The van der Waals surface area contributed by atoms with E-state index < -0.39 is 0 Å². The van der Waals surface area contributed by atoms with Gasteiger partial charge in [0.15, 0.2) is 5.96 Å². The second kappa shape index (κ2) is 3.77. The molecule has 1 spiro atoms. The van der Waals surface area contributed by atoms with Crippen LogP contribution in [-0.4, -0.2) is 30.8 Å². The van der Waals surface area contributed by atoms with Crippen LogP contribution < -0.4 is 11.1 Å². The topological polar surface area (TPSA) is 59.6 Å². The Hall–Kier alpha value is -0.770. The summed E-state index contributed by atoms with van der Waals surface area (Å²) >= 11 is 0. The number of guanidine groups is 1. The standard InChI is InChI=1S/C10H19N3O/c1-2-3-8-6-10(4-5-14-8)7-12-9(11)13-10/h8H,2-7H2,1H3,(H3,11,12,13). The van der Waals surface area contributed by atoms with Crippen LogP contribution in [0.5, 0.6) is 0 Å². The first kappa shape index (κ1) is 9.77. The van der Waals surface area contributed by atoms with Gasteiger partial charge in [-0.15, -0.1) is 0 Å². The van der Waals surface area contributed by atoms with Crippen molar-refractivity contribution in [3.05, 3.63) is 0 Å². The van der Waals surface area contributed by atoms with Gasteiger partial charge >= 0.3 is 0 Å². The molecule has 2 unspecified atom stereocenters. The van der Waals surface area contributed by atoms with E-state index in [4.69, 9.17) is 10.5 Å². The summed E-state index contributed by atoms with van der Waals surface area (Å²) in [7, 11) is 0. The molecule has 0 aromatic heterocycles. The highest BCUT2D eigenvalue weighted by Gasteiger charge is 2.39. The van der Waals surface area contributed by atoms with Crippen molar-refractivity contribution in [1.29, 1.82) is 0 Å². The predicted octanol–water partition coefficient (Wildman–Crippen LogP) is 0.622. The maximum Gasteiger partial charge on any atom is 0.189 e. The molecule has 0 radical (unpaired) electrons. The third-order valence-corrected chi connectivity index (χ3v) is 3.11. The van der Waals surface area contributed by atoms with E-state index in [9.17, 15) is 0 Å². The fraction of sp³-hybridized carbons (Fsp3) is 0.900. The van der Waals surface area contributed by atoms with Gasteiger partial charge in [-0.1, -0.05) is 13.3 Å². The summed E-state index contributed by atoms with van der Waals surface area (Å²) in [5.74, 6) is 0.599. The molecule has 0 aromatic carbocycles. The summed E-state index contributed by atoms with van der Waals surface area (Å²) in [5, 5.41) is 3.31. The van der Waals surface area contributed by atoms with Crippen LogP contribution in [0.4, 0.5) is 0 Å². The van der Waals surface area contributed by atoms with Crippen molar-refractivity contribution in [1.82, 2.24) is 5.32 Å². The van der Waals surface area contributed by atoms with Crippen molar-refractivity contribution in [2.75, 3.05) is 13.2 Å². The van der Waals surface area contributed by atoms with Crippen molar-refractivity contribution in [2.24, 2.45) is 10.7 Å². The van der Waals surface area contributed by atoms with E-state index in [0.29, 0.717) is 12.1 Å². The van der Waals surface area contributed by atoms with Gasteiger partial charge in [-0.3, -0.25) is 4.99 Å². The highest BCUT2D eigenvalue weighted by Crippen LogP contribution is 2.29. The van der Waals surface area contributed by atoms with Gasteiger partial charge in [0.1, 0.15) is 0 Å². The van der Waals surface area contributed by atoms with Crippen LogP contribution in [-0.2, 0) is 4.74 Å². The van der Waals surface area contributed by atoms with Crippen molar-refractivity contribution < 1.29 is 4.74 Å². The number of nitrogens with zero attached hydrogens (tertiary/aromatic N) is 1. The fourth-order valence-corrected chi connectivity index (χ4v) is 2.37. The molecule has 0 saturated carbocycles. The fourth-order valence-electron chi connectivity index (χ4n) is 2.37. The minimum Gasteiger partial charge on any atom is -0.378 e. The van der Waals surface area contributed by atoms with Gasteiger partial charge in [0, 0.05) is 6.61 Å². The lowest BCUT2D eigenvalue weighted by molar-refractivity contribution is -0.0235. The summed E-state index contributed by atoms with van der Waals surface area (Å²) in [6, 6.07) is 0. The quantitative estimate of drug-likeness (QED) is 0.682. The molecule has 0 amide bonds. The highest BCUT2D eigenvalue weighted by molar-refractivity contribution is 5.80. The Morgan fingerprint density at radius 1 is 1.71 bits per heavy atom. The summed E-state index contributed by atoms with van der Waals surface area (Å²) in [6.07, 6.45) is 4.78. The minimum atomic E-state index is 0.113. The summed E-state index contributed by atoms with van der Waals surface area (Å²) in [6.45, 7) is 3.85. The van der Waals surface area contributed by atoms with E-state index in [1.165, 1.54) is 6.42 Å². The summed E-state index contributed by atoms with van der Waals surface area (Å²) in [5.41, 5.74) is 5.77. The number of aliphatic imine (C=N–C) groups is 1. The van der Waals surface area contributed by atoms with Gasteiger partial charge in [-0.25, -0.2) is 0 Å². The van der Waals surface area contributed by atoms with Crippen LogP contribution in [0.25, 0.3) is 0 Å². The maximum atomic E-state index is 5.71. The van der Waals surface area contributed by atoms with Crippen LogP contribution in [0.3, 0.4) is 0 Å². The Morgan fingerprint density at radius 3 is 3.21 bits per heavy atom. The lowest BCUT2D eigenvalue weighted by Gasteiger charge is -2.37. The average Bonchev–Trinajstić information content (AvgIpc) is 2.48. The van der Waals surface area contributed by atoms with E-state index in [-0.39, 0.29) is 5.54 Å². The number of hydrogen-bond acceptors (Lipinski definition) is 4. The van der Waals surface area contributed by atoms with Gasteiger partial charge < -0.3 is 15.8 Å². The molecule has 2 atom stereocenters. The molecule has 4 heteroatoms. The molecule has 2 heterocycles. The smallest absolute Gasteiger partial charge is 0.189 e. The Labute approximate surface area is 84.9 Å². The average molecular weight is 197 g/mol. The van der Waals surface area contributed by atoms with Crippen LogP contribution in [0.15, 0.2) is 4.99 Å². The third kappa shape index (κ3) is 1.85. The molecule has 14 heavy (non-hydrogen) atoms. The van der Waals surface area contributed by atoms with Crippen molar-refractivity contribution in [2.45, 2.75) is 44.2 Å². The Morgan fingerprint density at radius 2 is 2.57 bits per heavy atom. The van der Waals surface area contributed by atoms with E-state index >= 15 is 0 Å². The number of ether oxygens (including phenoxy) is 1. The monoisotopic (exact) mass is 197 g/mol. The summed E-state index contributed by atoms with van der Waals surface area (Å²) < 4.78 is 5.71. The number of hydrogen-bond donors (Lipinski definition) is 2. The van der Waals surface area contributed by atoms with Crippen molar-refractivity contribution in [3.8, 4) is 0 Å². The Bertz CT molecular complexity index is 240. The molecule has 1 saturated heterocycles. The van der Waals surface area contributed by atoms with E-state index in [1.807, 2.05) is 0 Å². The van der Waals surface area contributed by atoms with Crippen LogP contribution in [0, 0.1) is 0 Å². The lowest BCUT2D eigenvalue weighted by Crippen LogP contribution is -2.53. The molecule has 80 valence electrons. The molecule has 0 bridgehead atoms. The second-order valence-electron chi connectivity index (χ2n) is 4.34. The lowest BCUT2D eigenvalue weighted by atomic mass is 9.86. The highest BCUT2D eigenvalue weighted by atomic mass is 16.5. The number of nitrogens with one attached hydrogen (secondary N) is 1. The van der Waals surface area contributed by atoms with Crippen LogP contribution in [0.2, 0.25) is 0 Å². The van der Waals surface area contributed by atoms with Crippen LogP contribution >= 0.6 is 0 Å². The molecular formula is C10H19N3O. The molecule has 4 nitrogen and oxygen atoms in total. The number of nitrogens with two attached hydrogens (primary N) is 1. The minimum absolute atomic E-state index is 0.113. The Balaban J connectivity index is 1.94. The zero-order valence-electron chi connectivity index (χ0n) is 8.75. The van der Waals surface area contributed by atoms with Gasteiger partial charge in [-0.2, -0.15) is 0 Å². The van der Waals surface area contributed by atoms with Gasteiger partial charge in [0.2, 0.25) is 0 Å². The molecule has 2 aliphatic heterocycles. The van der Waals surface area contributed by atoms with Crippen molar-refractivity contribution in [3.63, 3.8) is 0 Å². The maximum absolute atomic E-state index is 5.71. The van der Waals surface area contributed by atoms with E-state index in [1.54, 1.807) is 0 Å². The Kier molecular flexibility index (Phi) is 2.63. The molecule has 0 aliphatic carbocycles. The zero-order chi connectivity index (χ0) is 10.0.